The van der Waals surface area contributed by atoms with Crippen molar-refractivity contribution < 1.29 is 23.9 Å². The van der Waals surface area contributed by atoms with Crippen LogP contribution < -0.4 is 15.8 Å². The molecule has 0 saturated heterocycles. The zero-order valence-electron chi connectivity index (χ0n) is 14.8. The highest BCUT2D eigenvalue weighted by Crippen LogP contribution is 2.33. The fourth-order valence-electron chi connectivity index (χ4n) is 2.23. The average molecular weight is 376 g/mol. The molecule has 26 heavy (non-hydrogen) atoms. The topological polar surface area (TPSA) is 108 Å². The first-order valence-electron chi connectivity index (χ1n) is 7.93. The van der Waals surface area contributed by atoms with Gasteiger partial charge in [-0.2, -0.15) is 0 Å². The molecule has 0 bridgehead atoms. The van der Waals surface area contributed by atoms with E-state index in [1.165, 1.54) is 0 Å². The largest absolute Gasteiger partial charge is 0.484 e. The minimum atomic E-state index is -0.672. The Balaban J connectivity index is 2.15. The first-order valence-corrected chi connectivity index (χ1v) is 8.74. The lowest BCUT2D eigenvalue weighted by molar-refractivity contribution is -0.118. The summed E-state index contributed by atoms with van der Waals surface area (Å²) in [5.41, 5.74) is 6.93. The van der Waals surface area contributed by atoms with Gasteiger partial charge < -0.3 is 20.5 Å². The molecular weight excluding hydrogens is 356 g/mol. The summed E-state index contributed by atoms with van der Waals surface area (Å²) in [7, 11) is 0. The minimum absolute atomic E-state index is 0.134. The number of hydrogen-bond acceptors (Lipinski definition) is 6. The quantitative estimate of drug-likeness (QED) is 0.722. The van der Waals surface area contributed by atoms with Gasteiger partial charge in [-0.25, -0.2) is 4.79 Å². The third kappa shape index (κ3) is 4.60. The van der Waals surface area contributed by atoms with Gasteiger partial charge in [0.1, 0.15) is 10.8 Å². The molecule has 0 radical (unpaired) electrons. The van der Waals surface area contributed by atoms with Crippen molar-refractivity contribution >= 4 is 34.1 Å². The summed E-state index contributed by atoms with van der Waals surface area (Å²) in [6.07, 6.45) is 0. The highest BCUT2D eigenvalue weighted by Gasteiger charge is 2.25. The standard InChI is InChI=1S/C18H20N2O5S/c1-4-24-18(23)14-11(3)15(16(19)22)26-17(14)20-13(21)9-25-12-7-5-10(2)6-8-12/h5-8H,4,9H2,1-3H3,(H2,19,22)(H,20,21). The molecule has 0 unspecified atom stereocenters. The molecule has 8 heteroatoms. The number of carbonyl (C=O) groups excluding carboxylic acids is 3. The molecule has 2 rings (SSSR count). The van der Waals surface area contributed by atoms with Crippen LogP contribution in [0.5, 0.6) is 5.75 Å². The number of nitrogens with two attached hydrogens (primary N) is 1. The molecule has 0 fully saturated rings. The van der Waals surface area contributed by atoms with Crippen molar-refractivity contribution in [2.24, 2.45) is 5.73 Å². The van der Waals surface area contributed by atoms with Gasteiger partial charge in [0.25, 0.3) is 11.8 Å². The van der Waals surface area contributed by atoms with E-state index in [9.17, 15) is 14.4 Å². The van der Waals surface area contributed by atoms with Gasteiger partial charge >= 0.3 is 5.97 Å². The van der Waals surface area contributed by atoms with E-state index in [1.807, 2.05) is 19.1 Å². The fourth-order valence-corrected chi connectivity index (χ4v) is 3.29. The predicted octanol–water partition coefficient (Wildman–Crippen LogP) is 2.66. The van der Waals surface area contributed by atoms with Crippen LogP contribution in [0, 0.1) is 13.8 Å². The maximum Gasteiger partial charge on any atom is 0.341 e. The van der Waals surface area contributed by atoms with E-state index < -0.39 is 17.8 Å². The van der Waals surface area contributed by atoms with Gasteiger partial charge in [0.2, 0.25) is 0 Å². The molecule has 0 aliphatic rings. The van der Waals surface area contributed by atoms with Crippen molar-refractivity contribution in [2.75, 3.05) is 18.5 Å². The monoisotopic (exact) mass is 376 g/mol. The molecular formula is C18H20N2O5S. The normalized spacial score (nSPS) is 10.3. The third-order valence-corrected chi connectivity index (χ3v) is 4.72. The van der Waals surface area contributed by atoms with Gasteiger partial charge in [0.15, 0.2) is 6.61 Å². The van der Waals surface area contributed by atoms with Gasteiger partial charge in [-0.05, 0) is 38.5 Å². The number of primary amides is 1. The number of aryl methyl sites for hydroxylation is 1. The lowest BCUT2D eigenvalue weighted by Gasteiger charge is -2.08. The van der Waals surface area contributed by atoms with Crippen LogP contribution in [0.2, 0.25) is 0 Å². The van der Waals surface area contributed by atoms with Crippen LogP contribution >= 0.6 is 11.3 Å². The molecule has 0 atom stereocenters. The Morgan fingerprint density at radius 2 is 1.81 bits per heavy atom. The number of hydrogen-bond donors (Lipinski definition) is 2. The van der Waals surface area contributed by atoms with Gasteiger partial charge in [-0.15, -0.1) is 11.3 Å². The van der Waals surface area contributed by atoms with E-state index in [0.717, 1.165) is 16.9 Å². The van der Waals surface area contributed by atoms with Crippen molar-refractivity contribution in [2.45, 2.75) is 20.8 Å². The number of anilines is 1. The summed E-state index contributed by atoms with van der Waals surface area (Å²) < 4.78 is 10.4. The van der Waals surface area contributed by atoms with Gasteiger partial charge in [-0.3, -0.25) is 9.59 Å². The Kier molecular flexibility index (Phi) is 6.35. The predicted molar refractivity (Wildman–Crippen MR) is 98.8 cm³/mol. The van der Waals surface area contributed by atoms with Crippen molar-refractivity contribution in [3.8, 4) is 5.75 Å². The van der Waals surface area contributed by atoms with E-state index in [1.54, 1.807) is 26.0 Å². The van der Waals surface area contributed by atoms with E-state index in [2.05, 4.69) is 5.32 Å². The van der Waals surface area contributed by atoms with E-state index in [-0.39, 0.29) is 28.7 Å². The first-order chi connectivity index (χ1) is 12.3. The van der Waals surface area contributed by atoms with Gasteiger partial charge in [0, 0.05) is 0 Å². The van der Waals surface area contributed by atoms with Crippen molar-refractivity contribution in [3.63, 3.8) is 0 Å². The number of esters is 1. The Hall–Kier alpha value is -2.87. The zero-order chi connectivity index (χ0) is 19.3. The van der Waals surface area contributed by atoms with Crippen molar-refractivity contribution in [3.05, 3.63) is 45.8 Å². The number of amides is 2. The van der Waals surface area contributed by atoms with Crippen LogP contribution in [0.3, 0.4) is 0 Å². The van der Waals surface area contributed by atoms with E-state index in [4.69, 9.17) is 15.2 Å². The highest BCUT2D eigenvalue weighted by molar-refractivity contribution is 7.18. The van der Waals surface area contributed by atoms with Crippen LogP contribution in [0.25, 0.3) is 0 Å². The Morgan fingerprint density at radius 1 is 1.15 bits per heavy atom. The lowest BCUT2D eigenvalue weighted by atomic mass is 10.1. The summed E-state index contributed by atoms with van der Waals surface area (Å²) in [5, 5.41) is 2.81. The van der Waals surface area contributed by atoms with Crippen LogP contribution in [0.4, 0.5) is 5.00 Å². The van der Waals surface area contributed by atoms with E-state index in [0.29, 0.717) is 11.3 Å². The number of carbonyl (C=O) groups is 3. The second-order valence-corrected chi connectivity index (χ2v) is 6.52. The second-order valence-electron chi connectivity index (χ2n) is 5.49. The summed E-state index contributed by atoms with van der Waals surface area (Å²) >= 11 is 0.937. The molecule has 1 heterocycles. The summed E-state index contributed by atoms with van der Waals surface area (Å²) in [6, 6.07) is 7.25. The Labute approximate surface area is 155 Å². The zero-order valence-corrected chi connectivity index (χ0v) is 15.6. The van der Waals surface area contributed by atoms with Crippen molar-refractivity contribution in [1.82, 2.24) is 0 Å². The third-order valence-electron chi connectivity index (χ3n) is 3.49. The lowest BCUT2D eigenvalue weighted by Crippen LogP contribution is -2.21. The number of benzene rings is 1. The Morgan fingerprint density at radius 3 is 2.38 bits per heavy atom. The molecule has 7 nitrogen and oxygen atoms in total. The molecule has 0 aliphatic carbocycles. The smallest absolute Gasteiger partial charge is 0.341 e. The number of thiophene rings is 1. The van der Waals surface area contributed by atoms with Crippen LogP contribution in [0.15, 0.2) is 24.3 Å². The molecule has 1 aromatic carbocycles. The molecule has 2 amide bonds. The maximum absolute atomic E-state index is 12.2. The molecule has 0 saturated carbocycles. The summed E-state index contributed by atoms with van der Waals surface area (Å²) in [5.74, 6) is -1.21. The molecule has 138 valence electrons. The first kappa shape index (κ1) is 19.5. The summed E-state index contributed by atoms with van der Waals surface area (Å²) in [4.78, 5) is 36.1. The molecule has 3 N–H and O–H groups in total. The second kappa shape index (κ2) is 8.48. The maximum atomic E-state index is 12.2. The minimum Gasteiger partial charge on any atom is -0.484 e. The molecule has 0 spiro atoms. The summed E-state index contributed by atoms with van der Waals surface area (Å²) in [6.45, 7) is 5.13. The number of nitrogens with one attached hydrogen (secondary N) is 1. The van der Waals surface area contributed by atoms with Crippen LogP contribution in [0.1, 0.15) is 38.1 Å². The van der Waals surface area contributed by atoms with Gasteiger partial charge in [-0.1, -0.05) is 17.7 Å². The van der Waals surface area contributed by atoms with Crippen LogP contribution in [-0.2, 0) is 9.53 Å². The SMILES string of the molecule is CCOC(=O)c1c(NC(=O)COc2ccc(C)cc2)sc(C(N)=O)c1C. The molecule has 2 aromatic rings. The van der Waals surface area contributed by atoms with Crippen LogP contribution in [-0.4, -0.2) is 31.0 Å². The van der Waals surface area contributed by atoms with Gasteiger partial charge in [0.05, 0.1) is 17.0 Å². The van der Waals surface area contributed by atoms with E-state index >= 15 is 0 Å². The molecule has 0 aliphatic heterocycles. The highest BCUT2D eigenvalue weighted by atomic mass is 32.1. The number of rotatable bonds is 7. The fraction of sp³-hybridized carbons (Fsp3) is 0.278. The molecule has 1 aromatic heterocycles. The Bertz CT molecular complexity index is 827. The average Bonchev–Trinajstić information content (AvgIpc) is 2.91. The number of ether oxygens (including phenoxy) is 2. The van der Waals surface area contributed by atoms with Crippen molar-refractivity contribution in [1.29, 1.82) is 0 Å².